The number of piperidine rings is 1. The van der Waals surface area contributed by atoms with Crippen LogP contribution in [0.2, 0.25) is 0 Å². The largest absolute Gasteiger partial charge is 0.466 e. The van der Waals surface area contributed by atoms with Crippen molar-refractivity contribution < 1.29 is 9.53 Å². The van der Waals surface area contributed by atoms with E-state index in [9.17, 15) is 4.79 Å². The molecule has 1 saturated heterocycles. The van der Waals surface area contributed by atoms with Crippen LogP contribution in [0.4, 0.5) is 0 Å². The Kier molecular flexibility index (Phi) is 6.09. The summed E-state index contributed by atoms with van der Waals surface area (Å²) in [6.07, 6.45) is 2.93. The molecule has 18 heavy (non-hydrogen) atoms. The molecule has 1 rings (SSSR count). The maximum Gasteiger partial charge on any atom is 0.307 e. The number of ether oxygens (including phenoxy) is 1. The van der Waals surface area contributed by atoms with Gasteiger partial charge in [-0.3, -0.25) is 4.79 Å². The lowest BCUT2D eigenvalue weighted by molar-refractivity contribution is -0.146. The van der Waals surface area contributed by atoms with Crippen molar-refractivity contribution in [2.24, 2.45) is 5.92 Å². The fourth-order valence-electron chi connectivity index (χ4n) is 2.40. The first-order chi connectivity index (χ1) is 8.45. The third kappa shape index (κ3) is 4.94. The summed E-state index contributed by atoms with van der Waals surface area (Å²) in [5, 5.41) is 3.38. The lowest BCUT2D eigenvalue weighted by Crippen LogP contribution is -2.46. The van der Waals surface area contributed by atoms with Crippen LogP contribution in [0.1, 0.15) is 40.0 Å². The van der Waals surface area contributed by atoms with E-state index in [4.69, 9.17) is 4.74 Å². The normalized spacial score (nSPS) is 18.1. The molecule has 1 N–H and O–H groups in total. The lowest BCUT2D eigenvalue weighted by Gasteiger charge is -2.38. The monoisotopic (exact) mass is 256 g/mol. The highest BCUT2D eigenvalue weighted by Gasteiger charge is 2.29. The Balaban J connectivity index is 2.41. The van der Waals surface area contributed by atoms with Gasteiger partial charge in [-0.15, -0.1) is 0 Å². The molecule has 1 fully saturated rings. The molecule has 0 atom stereocenters. The molecule has 4 nitrogen and oxygen atoms in total. The van der Waals surface area contributed by atoms with Crippen LogP contribution in [-0.2, 0) is 9.53 Å². The quantitative estimate of drug-likeness (QED) is 0.734. The lowest BCUT2D eigenvalue weighted by atomic mass is 9.93. The molecular formula is C14H28N2O2. The number of hydrogen-bond acceptors (Lipinski definition) is 4. The Morgan fingerprint density at radius 1 is 1.39 bits per heavy atom. The number of rotatable bonds is 6. The number of hydrogen-bond donors (Lipinski definition) is 1. The number of nitrogens with one attached hydrogen (secondary N) is 1. The van der Waals surface area contributed by atoms with Crippen LogP contribution in [-0.4, -0.2) is 49.7 Å². The van der Waals surface area contributed by atoms with Crippen LogP contribution in [0.15, 0.2) is 0 Å². The van der Waals surface area contributed by atoms with Crippen molar-refractivity contribution in [1.82, 2.24) is 10.2 Å². The fourth-order valence-corrected chi connectivity index (χ4v) is 2.40. The highest BCUT2D eigenvalue weighted by molar-refractivity contribution is 5.70. The number of carbonyl (C=O) groups is 1. The van der Waals surface area contributed by atoms with E-state index in [0.717, 1.165) is 25.6 Å². The first-order valence-corrected chi connectivity index (χ1v) is 7.03. The van der Waals surface area contributed by atoms with Crippen LogP contribution in [0.5, 0.6) is 0 Å². The van der Waals surface area contributed by atoms with Gasteiger partial charge in [0.05, 0.1) is 13.0 Å². The van der Waals surface area contributed by atoms with Crippen LogP contribution < -0.4 is 5.32 Å². The van der Waals surface area contributed by atoms with Gasteiger partial charge < -0.3 is 15.0 Å². The molecule has 0 spiro atoms. The van der Waals surface area contributed by atoms with E-state index >= 15 is 0 Å². The third-order valence-electron chi connectivity index (χ3n) is 3.91. The van der Waals surface area contributed by atoms with E-state index in [2.05, 4.69) is 31.1 Å². The summed E-state index contributed by atoms with van der Waals surface area (Å²) < 4.78 is 5.04. The van der Waals surface area contributed by atoms with Crippen molar-refractivity contribution >= 4 is 5.97 Å². The van der Waals surface area contributed by atoms with Gasteiger partial charge in [0.25, 0.3) is 0 Å². The molecular weight excluding hydrogens is 228 g/mol. The van der Waals surface area contributed by atoms with Gasteiger partial charge in [0.15, 0.2) is 0 Å². The van der Waals surface area contributed by atoms with Crippen molar-refractivity contribution in [3.63, 3.8) is 0 Å². The first kappa shape index (κ1) is 15.4. The molecule has 0 aromatic heterocycles. The van der Waals surface area contributed by atoms with Gasteiger partial charge in [0.2, 0.25) is 0 Å². The Hall–Kier alpha value is -0.610. The smallest absolute Gasteiger partial charge is 0.307 e. The summed E-state index contributed by atoms with van der Waals surface area (Å²) in [5.41, 5.74) is -0.128. The Bertz CT molecular complexity index is 261. The highest BCUT2D eigenvalue weighted by Crippen LogP contribution is 2.22. The van der Waals surface area contributed by atoms with Crippen molar-refractivity contribution in [1.29, 1.82) is 0 Å². The molecule has 0 unspecified atom stereocenters. The van der Waals surface area contributed by atoms with Gasteiger partial charge in [-0.1, -0.05) is 0 Å². The Morgan fingerprint density at radius 3 is 2.56 bits per heavy atom. The molecule has 0 aromatic rings. The first-order valence-electron chi connectivity index (χ1n) is 7.03. The van der Waals surface area contributed by atoms with Crippen molar-refractivity contribution in [2.45, 2.75) is 45.6 Å². The summed E-state index contributed by atoms with van der Waals surface area (Å²) in [5.74, 6) is 0.650. The van der Waals surface area contributed by atoms with E-state index < -0.39 is 0 Å². The summed E-state index contributed by atoms with van der Waals surface area (Å²) in [6.45, 7) is 9.86. The summed E-state index contributed by atoms with van der Waals surface area (Å²) >= 11 is 0. The zero-order chi connectivity index (χ0) is 13.6. The molecule has 0 saturated carbocycles. The second-order valence-corrected chi connectivity index (χ2v) is 5.87. The maximum absolute atomic E-state index is 11.6. The number of esters is 1. The summed E-state index contributed by atoms with van der Waals surface area (Å²) in [7, 11) is 2.11. The SMILES string of the molecule is CCOC(=O)CC(C)(C)N(C)CC1CCNCC1. The van der Waals surface area contributed by atoms with E-state index in [1.807, 2.05) is 6.92 Å². The molecule has 106 valence electrons. The third-order valence-corrected chi connectivity index (χ3v) is 3.91. The van der Waals surface area contributed by atoms with E-state index in [1.54, 1.807) is 0 Å². The van der Waals surface area contributed by atoms with E-state index in [-0.39, 0.29) is 11.5 Å². The molecule has 1 heterocycles. The molecule has 0 aliphatic carbocycles. The van der Waals surface area contributed by atoms with Crippen molar-refractivity contribution in [2.75, 3.05) is 33.3 Å². The van der Waals surface area contributed by atoms with Crippen LogP contribution in [0, 0.1) is 5.92 Å². The minimum Gasteiger partial charge on any atom is -0.466 e. The van der Waals surface area contributed by atoms with Gasteiger partial charge in [-0.25, -0.2) is 0 Å². The molecule has 0 amide bonds. The average Bonchev–Trinajstić information content (AvgIpc) is 2.29. The van der Waals surface area contributed by atoms with E-state index in [0.29, 0.717) is 13.0 Å². The standard InChI is InChI=1S/C14H28N2O2/c1-5-18-13(17)10-14(2,3)16(4)11-12-6-8-15-9-7-12/h12,15H,5-11H2,1-4H3. The highest BCUT2D eigenvalue weighted by atomic mass is 16.5. The topological polar surface area (TPSA) is 41.6 Å². The van der Waals surface area contributed by atoms with Crippen LogP contribution in [0.25, 0.3) is 0 Å². The second kappa shape index (κ2) is 7.10. The van der Waals surface area contributed by atoms with Gasteiger partial charge in [0.1, 0.15) is 0 Å². The van der Waals surface area contributed by atoms with Crippen molar-refractivity contribution in [3.05, 3.63) is 0 Å². The van der Waals surface area contributed by atoms with E-state index in [1.165, 1.54) is 12.8 Å². The number of carbonyl (C=O) groups excluding carboxylic acids is 1. The second-order valence-electron chi connectivity index (χ2n) is 5.87. The van der Waals surface area contributed by atoms with Gasteiger partial charge in [-0.05, 0) is 59.7 Å². The van der Waals surface area contributed by atoms with Gasteiger partial charge in [0, 0.05) is 12.1 Å². The summed E-state index contributed by atoms with van der Waals surface area (Å²) in [4.78, 5) is 13.9. The van der Waals surface area contributed by atoms with Crippen molar-refractivity contribution in [3.8, 4) is 0 Å². The van der Waals surface area contributed by atoms with Crippen LogP contribution in [0.3, 0.4) is 0 Å². The average molecular weight is 256 g/mol. The minimum absolute atomic E-state index is 0.0975. The van der Waals surface area contributed by atoms with Gasteiger partial charge in [-0.2, -0.15) is 0 Å². The zero-order valence-electron chi connectivity index (χ0n) is 12.3. The number of nitrogens with zero attached hydrogens (tertiary/aromatic N) is 1. The molecule has 4 heteroatoms. The molecule has 1 aliphatic rings. The minimum atomic E-state index is -0.128. The molecule has 0 aromatic carbocycles. The molecule has 0 radical (unpaired) electrons. The molecule has 1 aliphatic heterocycles. The fraction of sp³-hybridized carbons (Fsp3) is 0.929. The maximum atomic E-state index is 11.6. The predicted molar refractivity (Wildman–Crippen MR) is 73.6 cm³/mol. The van der Waals surface area contributed by atoms with Gasteiger partial charge >= 0.3 is 5.97 Å². The summed E-state index contributed by atoms with van der Waals surface area (Å²) in [6, 6.07) is 0. The predicted octanol–water partition coefficient (Wildman–Crippen LogP) is 1.65. The van der Waals surface area contributed by atoms with Crippen LogP contribution >= 0.6 is 0 Å². The Morgan fingerprint density at radius 2 is 2.00 bits per heavy atom. The zero-order valence-corrected chi connectivity index (χ0v) is 12.3. The molecule has 0 bridgehead atoms. The Labute approximate surface area is 111 Å².